The van der Waals surface area contributed by atoms with Crippen LogP contribution in [0.3, 0.4) is 0 Å². The van der Waals surface area contributed by atoms with Gasteiger partial charge in [-0.25, -0.2) is 0 Å². The van der Waals surface area contributed by atoms with Gasteiger partial charge in [-0.1, -0.05) is 28.1 Å². The fourth-order valence-corrected chi connectivity index (χ4v) is 1.63. The van der Waals surface area contributed by atoms with Gasteiger partial charge < -0.3 is 10.8 Å². The monoisotopic (exact) mass is 243 g/mol. The van der Waals surface area contributed by atoms with Crippen molar-refractivity contribution in [2.75, 3.05) is 6.61 Å². The molecule has 0 saturated heterocycles. The summed E-state index contributed by atoms with van der Waals surface area (Å²) in [5.41, 5.74) is 7.03. The van der Waals surface area contributed by atoms with Crippen molar-refractivity contribution in [1.29, 1.82) is 0 Å². The van der Waals surface area contributed by atoms with E-state index in [4.69, 9.17) is 10.8 Å². The van der Waals surface area contributed by atoms with E-state index in [0.717, 1.165) is 22.9 Å². The van der Waals surface area contributed by atoms with E-state index in [0.29, 0.717) is 0 Å². The number of hydrogen-bond acceptors (Lipinski definition) is 2. The summed E-state index contributed by atoms with van der Waals surface area (Å²) in [7, 11) is 0. The maximum absolute atomic E-state index is 8.65. The minimum atomic E-state index is 0.0321. The van der Waals surface area contributed by atoms with Crippen LogP contribution in [0.25, 0.3) is 0 Å². The summed E-state index contributed by atoms with van der Waals surface area (Å²) in [4.78, 5) is 0. The van der Waals surface area contributed by atoms with E-state index in [2.05, 4.69) is 15.9 Å². The molecule has 0 fully saturated rings. The fourth-order valence-electron chi connectivity index (χ4n) is 1.22. The standard InChI is InChI=1S/C10H14BrNO/c11-9-4-1-3-8(7-9)10(12)5-2-6-13/h1,3-4,7,10,13H,2,5-6,12H2/t10-/m1/s1. The third-order valence-electron chi connectivity index (χ3n) is 1.95. The zero-order valence-electron chi connectivity index (χ0n) is 7.41. The van der Waals surface area contributed by atoms with Gasteiger partial charge in [0.25, 0.3) is 0 Å². The number of halogens is 1. The lowest BCUT2D eigenvalue weighted by atomic mass is 10.0. The topological polar surface area (TPSA) is 46.2 Å². The SMILES string of the molecule is N[C@H](CCCO)c1cccc(Br)c1. The van der Waals surface area contributed by atoms with Crippen molar-refractivity contribution in [2.24, 2.45) is 5.73 Å². The zero-order valence-corrected chi connectivity index (χ0v) is 9.00. The van der Waals surface area contributed by atoms with E-state index in [1.165, 1.54) is 0 Å². The maximum atomic E-state index is 8.65. The summed E-state index contributed by atoms with van der Waals surface area (Å²) in [6.45, 7) is 0.210. The van der Waals surface area contributed by atoms with E-state index in [-0.39, 0.29) is 12.6 Å². The molecule has 0 amide bonds. The number of rotatable bonds is 4. The predicted molar refractivity (Wildman–Crippen MR) is 57.4 cm³/mol. The molecule has 0 bridgehead atoms. The average Bonchev–Trinajstić information content (AvgIpc) is 2.14. The summed E-state index contributed by atoms with van der Waals surface area (Å²) in [5, 5.41) is 8.65. The van der Waals surface area contributed by atoms with Crippen LogP contribution in [0.5, 0.6) is 0 Å². The highest BCUT2D eigenvalue weighted by Crippen LogP contribution is 2.19. The molecule has 0 radical (unpaired) electrons. The van der Waals surface area contributed by atoms with E-state index in [1.54, 1.807) is 0 Å². The second kappa shape index (κ2) is 5.37. The molecule has 1 aromatic rings. The smallest absolute Gasteiger partial charge is 0.0431 e. The molecule has 0 aliphatic heterocycles. The fraction of sp³-hybridized carbons (Fsp3) is 0.400. The first-order valence-corrected chi connectivity index (χ1v) is 5.15. The van der Waals surface area contributed by atoms with Gasteiger partial charge in [0.1, 0.15) is 0 Å². The van der Waals surface area contributed by atoms with Crippen LogP contribution in [0.15, 0.2) is 28.7 Å². The number of hydrogen-bond donors (Lipinski definition) is 2. The molecule has 1 atom stereocenters. The van der Waals surface area contributed by atoms with Crippen LogP contribution >= 0.6 is 15.9 Å². The van der Waals surface area contributed by atoms with Gasteiger partial charge in [0.05, 0.1) is 0 Å². The summed E-state index contributed by atoms with van der Waals surface area (Å²) in [6, 6.07) is 8.00. The van der Waals surface area contributed by atoms with Crippen molar-refractivity contribution in [2.45, 2.75) is 18.9 Å². The quantitative estimate of drug-likeness (QED) is 0.853. The predicted octanol–water partition coefficient (Wildman–Crippen LogP) is 2.22. The van der Waals surface area contributed by atoms with E-state index in [1.807, 2.05) is 24.3 Å². The number of benzene rings is 1. The maximum Gasteiger partial charge on any atom is 0.0431 e. The Bertz CT molecular complexity index is 265. The Morgan fingerprint density at radius 1 is 1.46 bits per heavy atom. The first kappa shape index (κ1) is 10.7. The van der Waals surface area contributed by atoms with Crippen LogP contribution in [-0.4, -0.2) is 11.7 Å². The second-order valence-electron chi connectivity index (χ2n) is 3.03. The van der Waals surface area contributed by atoms with Gasteiger partial charge in [-0.15, -0.1) is 0 Å². The van der Waals surface area contributed by atoms with Crippen LogP contribution in [0.1, 0.15) is 24.4 Å². The molecule has 3 N–H and O–H groups in total. The largest absolute Gasteiger partial charge is 0.396 e. The Balaban J connectivity index is 2.60. The molecule has 0 spiro atoms. The van der Waals surface area contributed by atoms with Crippen LogP contribution < -0.4 is 5.73 Å². The molecule has 0 unspecified atom stereocenters. The van der Waals surface area contributed by atoms with Gasteiger partial charge in [0.2, 0.25) is 0 Å². The molecule has 13 heavy (non-hydrogen) atoms. The minimum Gasteiger partial charge on any atom is -0.396 e. The Morgan fingerprint density at radius 3 is 2.85 bits per heavy atom. The molecule has 2 nitrogen and oxygen atoms in total. The first-order chi connectivity index (χ1) is 6.24. The lowest BCUT2D eigenvalue weighted by Crippen LogP contribution is -2.10. The van der Waals surface area contributed by atoms with Gasteiger partial charge in [0, 0.05) is 17.1 Å². The van der Waals surface area contributed by atoms with Gasteiger partial charge in [-0.05, 0) is 30.5 Å². The van der Waals surface area contributed by atoms with E-state index < -0.39 is 0 Å². The number of aliphatic hydroxyl groups excluding tert-OH is 1. The van der Waals surface area contributed by atoms with Crippen molar-refractivity contribution >= 4 is 15.9 Å². The number of aliphatic hydroxyl groups is 1. The molecule has 0 aromatic heterocycles. The lowest BCUT2D eigenvalue weighted by Gasteiger charge is -2.10. The highest BCUT2D eigenvalue weighted by molar-refractivity contribution is 9.10. The Labute approximate surface area is 86.9 Å². The van der Waals surface area contributed by atoms with Crippen molar-refractivity contribution in [3.05, 3.63) is 34.3 Å². The molecule has 0 saturated carbocycles. The Morgan fingerprint density at radius 2 is 2.23 bits per heavy atom. The molecule has 0 heterocycles. The van der Waals surface area contributed by atoms with Crippen LogP contribution in [0.4, 0.5) is 0 Å². The molecular formula is C10H14BrNO. The number of nitrogens with two attached hydrogens (primary N) is 1. The Hall–Kier alpha value is -0.380. The van der Waals surface area contributed by atoms with Gasteiger partial charge in [-0.2, -0.15) is 0 Å². The highest BCUT2D eigenvalue weighted by atomic mass is 79.9. The van der Waals surface area contributed by atoms with Gasteiger partial charge in [-0.3, -0.25) is 0 Å². The summed E-state index contributed by atoms with van der Waals surface area (Å²) in [6.07, 6.45) is 1.58. The molecule has 1 aromatic carbocycles. The molecule has 0 aliphatic rings. The summed E-state index contributed by atoms with van der Waals surface area (Å²) >= 11 is 3.39. The van der Waals surface area contributed by atoms with Crippen LogP contribution in [-0.2, 0) is 0 Å². The third kappa shape index (κ3) is 3.46. The first-order valence-electron chi connectivity index (χ1n) is 4.36. The van der Waals surface area contributed by atoms with Gasteiger partial charge >= 0.3 is 0 Å². The highest BCUT2D eigenvalue weighted by Gasteiger charge is 2.04. The zero-order chi connectivity index (χ0) is 9.68. The minimum absolute atomic E-state index is 0.0321. The summed E-state index contributed by atoms with van der Waals surface area (Å²) < 4.78 is 1.05. The molecule has 1 rings (SSSR count). The third-order valence-corrected chi connectivity index (χ3v) is 2.44. The van der Waals surface area contributed by atoms with Crippen molar-refractivity contribution in [3.8, 4) is 0 Å². The second-order valence-corrected chi connectivity index (χ2v) is 3.94. The van der Waals surface area contributed by atoms with Crippen molar-refractivity contribution in [3.63, 3.8) is 0 Å². The average molecular weight is 244 g/mol. The van der Waals surface area contributed by atoms with Crippen molar-refractivity contribution < 1.29 is 5.11 Å². The lowest BCUT2D eigenvalue weighted by molar-refractivity contribution is 0.280. The van der Waals surface area contributed by atoms with E-state index >= 15 is 0 Å². The molecular weight excluding hydrogens is 230 g/mol. The van der Waals surface area contributed by atoms with E-state index in [9.17, 15) is 0 Å². The molecule has 72 valence electrons. The van der Waals surface area contributed by atoms with Crippen LogP contribution in [0.2, 0.25) is 0 Å². The van der Waals surface area contributed by atoms with Gasteiger partial charge in [0.15, 0.2) is 0 Å². The molecule has 3 heteroatoms. The Kier molecular flexibility index (Phi) is 4.42. The van der Waals surface area contributed by atoms with Crippen molar-refractivity contribution in [1.82, 2.24) is 0 Å². The summed E-state index contributed by atoms with van der Waals surface area (Å²) in [5.74, 6) is 0. The molecule has 0 aliphatic carbocycles. The van der Waals surface area contributed by atoms with Crippen LogP contribution in [0, 0.1) is 0 Å². The normalized spacial score (nSPS) is 12.8.